The average Bonchev–Trinajstić information content (AvgIpc) is 2.98. The number of benzene rings is 2. The lowest BCUT2D eigenvalue weighted by Gasteiger charge is -2.24. The van der Waals surface area contributed by atoms with Gasteiger partial charge >= 0.3 is 0 Å². The van der Waals surface area contributed by atoms with Gasteiger partial charge in [-0.25, -0.2) is 0 Å². The van der Waals surface area contributed by atoms with Crippen LogP contribution in [0.5, 0.6) is 5.75 Å². The summed E-state index contributed by atoms with van der Waals surface area (Å²) in [5.74, 6) is 0.888. The summed E-state index contributed by atoms with van der Waals surface area (Å²) in [6.07, 6.45) is 2.56. The molecule has 0 saturated carbocycles. The highest BCUT2D eigenvalue weighted by atomic mass is 16.5. The average molecular weight is 277 g/mol. The fourth-order valence-corrected chi connectivity index (χ4v) is 3.08. The van der Waals surface area contributed by atoms with Crippen LogP contribution in [0, 0.1) is 0 Å². The lowest BCUT2D eigenvalue weighted by molar-refractivity contribution is 0.0934. The van der Waals surface area contributed by atoms with Gasteiger partial charge in [-0.15, -0.1) is 0 Å². The largest absolute Gasteiger partial charge is 0.493 e. The number of ether oxygens (including phenoxy) is 1. The summed E-state index contributed by atoms with van der Waals surface area (Å²) in [5, 5.41) is 0.992. The lowest BCUT2D eigenvalue weighted by Crippen LogP contribution is -2.21. The number of ketones is 1. The van der Waals surface area contributed by atoms with Crippen molar-refractivity contribution < 1.29 is 9.53 Å². The van der Waals surface area contributed by atoms with Crippen molar-refractivity contribution in [2.24, 2.45) is 0 Å². The molecule has 0 radical (unpaired) electrons. The summed E-state index contributed by atoms with van der Waals surface area (Å²) in [5.41, 5.74) is 2.77. The van der Waals surface area contributed by atoms with Gasteiger partial charge in [-0.3, -0.25) is 4.79 Å². The first-order valence-electron chi connectivity index (χ1n) is 7.16. The molecule has 3 nitrogen and oxygen atoms in total. The number of para-hydroxylation sites is 2. The molecule has 0 amide bonds. The van der Waals surface area contributed by atoms with Gasteiger partial charge < -0.3 is 9.72 Å². The minimum atomic E-state index is -0.117. The third-order valence-corrected chi connectivity index (χ3v) is 4.13. The lowest BCUT2D eigenvalue weighted by atomic mass is 9.86. The Balaban J connectivity index is 1.79. The predicted molar refractivity (Wildman–Crippen MR) is 81.9 cm³/mol. The van der Waals surface area contributed by atoms with E-state index in [4.69, 9.17) is 4.74 Å². The number of hydrogen-bond donors (Lipinski definition) is 1. The molecule has 0 fully saturated rings. The number of aromatic amines is 1. The van der Waals surface area contributed by atoms with Crippen LogP contribution in [0.2, 0.25) is 0 Å². The zero-order valence-electron chi connectivity index (χ0n) is 11.5. The molecule has 104 valence electrons. The second-order valence-electron chi connectivity index (χ2n) is 5.34. The van der Waals surface area contributed by atoms with Crippen molar-refractivity contribution in [2.45, 2.75) is 12.3 Å². The summed E-state index contributed by atoms with van der Waals surface area (Å²) in [7, 11) is 0. The van der Waals surface area contributed by atoms with Crippen LogP contribution in [0.1, 0.15) is 28.3 Å². The molecule has 2 heterocycles. The van der Waals surface area contributed by atoms with Gasteiger partial charge in [0.25, 0.3) is 0 Å². The van der Waals surface area contributed by atoms with Crippen molar-refractivity contribution in [3.63, 3.8) is 0 Å². The van der Waals surface area contributed by atoms with E-state index >= 15 is 0 Å². The molecule has 1 N–H and O–H groups in total. The van der Waals surface area contributed by atoms with Crippen LogP contribution >= 0.6 is 0 Å². The molecule has 1 aliphatic rings. The van der Waals surface area contributed by atoms with Gasteiger partial charge in [-0.2, -0.15) is 0 Å². The van der Waals surface area contributed by atoms with Gasteiger partial charge in [0.05, 0.1) is 12.5 Å². The zero-order chi connectivity index (χ0) is 14.2. The quantitative estimate of drug-likeness (QED) is 0.721. The number of aromatic nitrogens is 1. The molecular formula is C18H15NO2. The van der Waals surface area contributed by atoms with E-state index in [-0.39, 0.29) is 11.7 Å². The van der Waals surface area contributed by atoms with Crippen LogP contribution < -0.4 is 4.74 Å². The van der Waals surface area contributed by atoms with E-state index in [1.54, 1.807) is 0 Å². The van der Waals surface area contributed by atoms with E-state index in [1.165, 1.54) is 0 Å². The van der Waals surface area contributed by atoms with E-state index < -0.39 is 0 Å². The molecule has 0 bridgehead atoms. The van der Waals surface area contributed by atoms with Crippen molar-refractivity contribution in [3.05, 3.63) is 65.9 Å². The number of nitrogens with one attached hydrogen (secondary N) is 1. The normalized spacial score (nSPS) is 17.2. The molecule has 3 heteroatoms. The molecule has 1 atom stereocenters. The summed E-state index contributed by atoms with van der Waals surface area (Å²) in [6, 6.07) is 15.7. The molecule has 21 heavy (non-hydrogen) atoms. The summed E-state index contributed by atoms with van der Waals surface area (Å²) < 4.78 is 5.65. The molecule has 0 saturated heterocycles. The van der Waals surface area contributed by atoms with Crippen molar-refractivity contribution in [2.75, 3.05) is 6.61 Å². The number of carbonyl (C=O) groups excluding carboxylic acids is 1. The van der Waals surface area contributed by atoms with Crippen molar-refractivity contribution in [1.29, 1.82) is 0 Å². The number of H-pyrrole nitrogens is 1. The number of rotatable bonds is 2. The number of fused-ring (bicyclic) bond motifs is 2. The van der Waals surface area contributed by atoms with E-state index in [2.05, 4.69) is 4.98 Å². The highest BCUT2D eigenvalue weighted by Gasteiger charge is 2.29. The first kappa shape index (κ1) is 12.2. The predicted octanol–water partition coefficient (Wildman–Crippen LogP) is 3.92. The van der Waals surface area contributed by atoms with Gasteiger partial charge in [-0.1, -0.05) is 36.4 Å². The van der Waals surface area contributed by atoms with Crippen molar-refractivity contribution in [1.82, 2.24) is 4.98 Å². The third-order valence-electron chi connectivity index (χ3n) is 4.13. The maximum Gasteiger partial charge on any atom is 0.172 e. The molecule has 1 aliphatic heterocycles. The number of carbonyl (C=O) groups is 1. The van der Waals surface area contributed by atoms with Crippen LogP contribution in [0.4, 0.5) is 0 Å². The van der Waals surface area contributed by atoms with Gasteiger partial charge in [0, 0.05) is 28.2 Å². The number of Topliss-reactive ketones (excluding diaryl/α,β-unsaturated/α-hetero) is 1. The van der Waals surface area contributed by atoms with Crippen LogP contribution in [-0.4, -0.2) is 17.4 Å². The van der Waals surface area contributed by atoms with Crippen LogP contribution in [0.3, 0.4) is 0 Å². The van der Waals surface area contributed by atoms with E-state index in [0.29, 0.717) is 6.61 Å². The van der Waals surface area contributed by atoms with Gasteiger partial charge in [0.2, 0.25) is 0 Å². The van der Waals surface area contributed by atoms with Crippen LogP contribution in [0.25, 0.3) is 10.9 Å². The molecule has 0 aliphatic carbocycles. The van der Waals surface area contributed by atoms with Crippen LogP contribution in [0.15, 0.2) is 54.7 Å². The molecule has 1 unspecified atom stereocenters. The van der Waals surface area contributed by atoms with E-state index in [1.807, 2.05) is 54.7 Å². The molecule has 1 aromatic heterocycles. The van der Waals surface area contributed by atoms with Gasteiger partial charge in [0.1, 0.15) is 5.75 Å². The standard InChI is InChI=1S/C18H15NO2/c20-18(15-11-19-16-7-3-1-5-12(15)16)14-9-10-21-17-8-4-2-6-13(14)17/h1-8,11,14,19H,9-10H2. The zero-order valence-corrected chi connectivity index (χ0v) is 11.5. The Hall–Kier alpha value is -2.55. The summed E-state index contributed by atoms with van der Waals surface area (Å²) >= 11 is 0. The van der Waals surface area contributed by atoms with Crippen LogP contribution in [-0.2, 0) is 0 Å². The fraction of sp³-hybridized carbons (Fsp3) is 0.167. The maximum atomic E-state index is 13.0. The highest BCUT2D eigenvalue weighted by Crippen LogP contribution is 2.36. The Morgan fingerprint density at radius 3 is 2.86 bits per heavy atom. The maximum absolute atomic E-state index is 13.0. The molecule has 4 rings (SSSR count). The molecule has 3 aromatic rings. The third kappa shape index (κ3) is 1.93. The SMILES string of the molecule is O=C(c1c[nH]c2ccccc12)C1CCOc2ccccc21. The first-order chi connectivity index (χ1) is 10.3. The molecule has 2 aromatic carbocycles. The Labute approximate surface area is 122 Å². The Morgan fingerprint density at radius 1 is 1.10 bits per heavy atom. The smallest absolute Gasteiger partial charge is 0.172 e. The van der Waals surface area contributed by atoms with Crippen molar-refractivity contribution in [3.8, 4) is 5.75 Å². The Kier molecular flexibility index (Phi) is 2.78. The topological polar surface area (TPSA) is 42.1 Å². The minimum Gasteiger partial charge on any atom is -0.493 e. The highest BCUT2D eigenvalue weighted by molar-refractivity contribution is 6.11. The molecular weight excluding hydrogens is 262 g/mol. The second-order valence-corrected chi connectivity index (χ2v) is 5.34. The number of hydrogen-bond acceptors (Lipinski definition) is 2. The minimum absolute atomic E-state index is 0.117. The van der Waals surface area contributed by atoms with E-state index in [0.717, 1.165) is 34.2 Å². The Morgan fingerprint density at radius 2 is 1.90 bits per heavy atom. The Bertz CT molecular complexity index is 819. The molecule has 0 spiro atoms. The fourth-order valence-electron chi connectivity index (χ4n) is 3.08. The van der Waals surface area contributed by atoms with Gasteiger partial charge in [0.15, 0.2) is 5.78 Å². The second kappa shape index (κ2) is 4.77. The monoisotopic (exact) mass is 277 g/mol. The summed E-state index contributed by atoms with van der Waals surface area (Å²) in [6.45, 7) is 0.593. The van der Waals surface area contributed by atoms with E-state index in [9.17, 15) is 4.79 Å². The first-order valence-corrected chi connectivity index (χ1v) is 7.16. The van der Waals surface area contributed by atoms with Crippen molar-refractivity contribution >= 4 is 16.7 Å². The van der Waals surface area contributed by atoms with Gasteiger partial charge in [-0.05, 0) is 18.6 Å². The summed E-state index contributed by atoms with van der Waals surface area (Å²) in [4.78, 5) is 16.1.